The fourth-order valence-corrected chi connectivity index (χ4v) is 1.87. The molecule has 0 heterocycles. The third-order valence-corrected chi connectivity index (χ3v) is 3.07. The standard InChI is InChI=1S/C17H17NO4/c1-21-17(20)11-18(13-19)15-7-9-16(10-8-15)22-12-14-5-3-2-4-6-14/h2-10,13H,11-12H2,1H3. The van der Waals surface area contributed by atoms with Crippen molar-refractivity contribution in [3.8, 4) is 5.75 Å². The molecule has 1 amide bonds. The van der Waals surface area contributed by atoms with Crippen LogP contribution in [0, 0.1) is 0 Å². The molecule has 5 heteroatoms. The first kappa shape index (κ1) is 15.6. The van der Waals surface area contributed by atoms with Crippen molar-refractivity contribution in [2.24, 2.45) is 0 Å². The van der Waals surface area contributed by atoms with Crippen LogP contribution in [-0.4, -0.2) is 26.0 Å². The van der Waals surface area contributed by atoms with Crippen LogP contribution in [-0.2, 0) is 20.9 Å². The first-order valence-corrected chi connectivity index (χ1v) is 6.78. The van der Waals surface area contributed by atoms with Crippen LogP contribution in [0.15, 0.2) is 54.6 Å². The molecule has 2 rings (SSSR count). The highest BCUT2D eigenvalue weighted by atomic mass is 16.5. The van der Waals surface area contributed by atoms with Crippen LogP contribution in [0.5, 0.6) is 5.75 Å². The Morgan fingerprint density at radius 1 is 1.09 bits per heavy atom. The summed E-state index contributed by atoms with van der Waals surface area (Å²) >= 11 is 0. The van der Waals surface area contributed by atoms with Crippen molar-refractivity contribution < 1.29 is 19.1 Å². The maximum absolute atomic E-state index is 11.2. The summed E-state index contributed by atoms with van der Waals surface area (Å²) in [5.41, 5.74) is 1.68. The number of hydrogen-bond donors (Lipinski definition) is 0. The number of nitrogens with zero attached hydrogens (tertiary/aromatic N) is 1. The van der Waals surface area contributed by atoms with Gasteiger partial charge < -0.3 is 14.4 Å². The van der Waals surface area contributed by atoms with Gasteiger partial charge in [0.2, 0.25) is 6.41 Å². The Kier molecular flexibility index (Phi) is 5.54. The van der Waals surface area contributed by atoms with Crippen molar-refractivity contribution in [3.05, 3.63) is 60.2 Å². The van der Waals surface area contributed by atoms with E-state index in [-0.39, 0.29) is 6.54 Å². The lowest BCUT2D eigenvalue weighted by Gasteiger charge is -2.16. The first-order chi connectivity index (χ1) is 10.7. The molecule has 2 aromatic rings. The average Bonchev–Trinajstić information content (AvgIpc) is 2.59. The number of carbonyl (C=O) groups excluding carboxylic acids is 2. The van der Waals surface area contributed by atoms with Crippen LogP contribution in [0.25, 0.3) is 0 Å². The van der Waals surface area contributed by atoms with Crippen molar-refractivity contribution in [2.75, 3.05) is 18.6 Å². The number of rotatable bonds is 7. The molecule has 0 aromatic heterocycles. The third kappa shape index (κ3) is 4.34. The lowest BCUT2D eigenvalue weighted by molar-refractivity contribution is -0.139. The molecule has 0 aliphatic heterocycles. The highest BCUT2D eigenvalue weighted by Gasteiger charge is 2.10. The van der Waals surface area contributed by atoms with Crippen LogP contribution in [0.3, 0.4) is 0 Å². The zero-order chi connectivity index (χ0) is 15.8. The van der Waals surface area contributed by atoms with E-state index in [1.807, 2.05) is 30.3 Å². The molecule has 5 nitrogen and oxygen atoms in total. The zero-order valence-corrected chi connectivity index (χ0v) is 12.3. The Morgan fingerprint density at radius 3 is 2.36 bits per heavy atom. The molecule has 0 spiro atoms. The van der Waals surface area contributed by atoms with Gasteiger partial charge in [0.25, 0.3) is 0 Å². The molecule has 0 saturated carbocycles. The molecule has 114 valence electrons. The second-order valence-electron chi connectivity index (χ2n) is 4.58. The molecular weight excluding hydrogens is 282 g/mol. The summed E-state index contributed by atoms with van der Waals surface area (Å²) < 4.78 is 10.2. The van der Waals surface area contributed by atoms with E-state index in [4.69, 9.17) is 4.74 Å². The number of benzene rings is 2. The SMILES string of the molecule is COC(=O)CN(C=O)c1ccc(OCc2ccccc2)cc1. The van der Waals surface area contributed by atoms with Crippen LogP contribution < -0.4 is 9.64 Å². The highest BCUT2D eigenvalue weighted by Crippen LogP contribution is 2.19. The van der Waals surface area contributed by atoms with Crippen molar-refractivity contribution in [3.63, 3.8) is 0 Å². The van der Waals surface area contributed by atoms with Crippen LogP contribution >= 0.6 is 0 Å². The highest BCUT2D eigenvalue weighted by molar-refractivity contribution is 5.85. The van der Waals surface area contributed by atoms with Gasteiger partial charge >= 0.3 is 5.97 Å². The predicted octanol–water partition coefficient (Wildman–Crippen LogP) is 2.40. The predicted molar refractivity (Wildman–Crippen MR) is 82.6 cm³/mol. The Morgan fingerprint density at radius 2 is 1.77 bits per heavy atom. The van der Waals surface area contributed by atoms with Gasteiger partial charge in [0.1, 0.15) is 18.9 Å². The third-order valence-electron chi connectivity index (χ3n) is 3.07. The first-order valence-electron chi connectivity index (χ1n) is 6.78. The topological polar surface area (TPSA) is 55.8 Å². The lowest BCUT2D eigenvalue weighted by atomic mass is 10.2. The number of amides is 1. The molecule has 2 aromatic carbocycles. The van der Waals surface area contributed by atoms with Gasteiger partial charge in [-0.1, -0.05) is 30.3 Å². The molecule has 0 aliphatic carbocycles. The minimum Gasteiger partial charge on any atom is -0.489 e. The van der Waals surface area contributed by atoms with E-state index >= 15 is 0 Å². The van der Waals surface area contributed by atoms with Gasteiger partial charge in [0, 0.05) is 5.69 Å². The van der Waals surface area contributed by atoms with E-state index in [0.29, 0.717) is 24.5 Å². The molecule has 0 bridgehead atoms. The smallest absolute Gasteiger partial charge is 0.325 e. The summed E-state index contributed by atoms with van der Waals surface area (Å²) in [6.45, 7) is 0.351. The van der Waals surface area contributed by atoms with Crippen molar-refractivity contribution in [1.29, 1.82) is 0 Å². The molecule has 0 unspecified atom stereocenters. The van der Waals surface area contributed by atoms with E-state index < -0.39 is 5.97 Å². The van der Waals surface area contributed by atoms with Gasteiger partial charge in [-0.3, -0.25) is 9.59 Å². The number of carbonyl (C=O) groups is 2. The van der Waals surface area contributed by atoms with E-state index in [9.17, 15) is 9.59 Å². The zero-order valence-electron chi connectivity index (χ0n) is 12.3. The summed E-state index contributed by atoms with van der Waals surface area (Å²) in [6.07, 6.45) is 0.594. The lowest BCUT2D eigenvalue weighted by Crippen LogP contribution is -2.29. The number of hydrogen-bond acceptors (Lipinski definition) is 4. The second kappa shape index (κ2) is 7.83. The average molecular weight is 299 g/mol. The van der Waals surface area contributed by atoms with E-state index in [0.717, 1.165) is 5.56 Å². The minimum absolute atomic E-state index is 0.121. The van der Waals surface area contributed by atoms with E-state index in [1.54, 1.807) is 24.3 Å². The number of ether oxygens (including phenoxy) is 2. The van der Waals surface area contributed by atoms with Gasteiger partial charge in [0.15, 0.2) is 0 Å². The number of esters is 1. The van der Waals surface area contributed by atoms with E-state index in [1.165, 1.54) is 12.0 Å². The van der Waals surface area contributed by atoms with Gasteiger partial charge in [-0.05, 0) is 29.8 Å². The van der Waals surface area contributed by atoms with Crippen LogP contribution in [0.2, 0.25) is 0 Å². The molecule has 22 heavy (non-hydrogen) atoms. The Bertz CT molecular complexity index is 610. The molecule has 0 radical (unpaired) electrons. The fraction of sp³-hybridized carbons (Fsp3) is 0.176. The largest absolute Gasteiger partial charge is 0.489 e. The van der Waals surface area contributed by atoms with Crippen molar-refractivity contribution in [1.82, 2.24) is 0 Å². The quantitative estimate of drug-likeness (QED) is 0.582. The maximum Gasteiger partial charge on any atom is 0.325 e. The van der Waals surface area contributed by atoms with Gasteiger partial charge in [-0.25, -0.2) is 0 Å². The van der Waals surface area contributed by atoms with E-state index in [2.05, 4.69) is 4.74 Å². The van der Waals surface area contributed by atoms with Gasteiger partial charge in [0.05, 0.1) is 7.11 Å². The Balaban J connectivity index is 1.97. The minimum atomic E-state index is -0.475. The van der Waals surface area contributed by atoms with Crippen molar-refractivity contribution >= 4 is 18.1 Å². The summed E-state index contributed by atoms with van der Waals surface area (Å²) in [6, 6.07) is 16.8. The second-order valence-corrected chi connectivity index (χ2v) is 4.58. The van der Waals surface area contributed by atoms with Crippen LogP contribution in [0.4, 0.5) is 5.69 Å². The fourth-order valence-electron chi connectivity index (χ4n) is 1.87. The molecule has 0 atom stereocenters. The van der Waals surface area contributed by atoms with Crippen LogP contribution in [0.1, 0.15) is 5.56 Å². The van der Waals surface area contributed by atoms with Gasteiger partial charge in [-0.2, -0.15) is 0 Å². The van der Waals surface area contributed by atoms with Gasteiger partial charge in [-0.15, -0.1) is 0 Å². The molecule has 0 aliphatic rings. The Labute approximate surface area is 129 Å². The number of anilines is 1. The summed E-state index contributed by atoms with van der Waals surface area (Å²) in [7, 11) is 1.28. The Hall–Kier alpha value is -2.82. The summed E-state index contributed by atoms with van der Waals surface area (Å²) in [4.78, 5) is 23.5. The van der Waals surface area contributed by atoms with Crippen molar-refractivity contribution in [2.45, 2.75) is 6.61 Å². The molecular formula is C17H17NO4. The summed E-state index contributed by atoms with van der Waals surface area (Å²) in [5, 5.41) is 0. The number of methoxy groups -OCH3 is 1. The monoisotopic (exact) mass is 299 g/mol. The molecule has 0 saturated heterocycles. The normalized spacial score (nSPS) is 9.86. The molecule has 0 fully saturated rings. The molecule has 0 N–H and O–H groups in total. The summed E-state index contributed by atoms with van der Waals surface area (Å²) in [5.74, 6) is 0.216. The maximum atomic E-state index is 11.2.